The van der Waals surface area contributed by atoms with Crippen molar-refractivity contribution in [3.8, 4) is 0 Å². The van der Waals surface area contributed by atoms with Crippen LogP contribution in [-0.2, 0) is 6.42 Å². The Balaban J connectivity index is 1.44. The molecule has 2 aliphatic rings. The van der Waals surface area contributed by atoms with Gasteiger partial charge < -0.3 is 15.3 Å². The molecule has 162 valence electrons. The second-order valence-electron chi connectivity index (χ2n) is 8.66. The van der Waals surface area contributed by atoms with Gasteiger partial charge in [0, 0.05) is 19.7 Å². The lowest BCUT2D eigenvalue weighted by molar-refractivity contribution is 0.0655. The van der Waals surface area contributed by atoms with E-state index in [1.807, 2.05) is 11.8 Å². The summed E-state index contributed by atoms with van der Waals surface area (Å²) in [5.74, 6) is 1.21. The number of aliphatic hydroxyl groups excluding tert-OH is 1. The van der Waals surface area contributed by atoms with Gasteiger partial charge in [0.15, 0.2) is 0 Å². The van der Waals surface area contributed by atoms with Crippen molar-refractivity contribution >= 4 is 33.3 Å². The molecule has 1 aliphatic carbocycles. The number of benzene rings is 1. The van der Waals surface area contributed by atoms with Crippen LogP contribution < -0.4 is 5.32 Å². The van der Waals surface area contributed by atoms with Crippen LogP contribution in [-0.4, -0.2) is 45.6 Å². The molecular weight excluding hydrogens is 408 g/mol. The van der Waals surface area contributed by atoms with E-state index in [0.717, 1.165) is 58.6 Å². The summed E-state index contributed by atoms with van der Waals surface area (Å²) >= 11 is 1.46. The third-order valence-electron chi connectivity index (χ3n) is 6.76. The number of thiophene rings is 1. The van der Waals surface area contributed by atoms with E-state index in [0.29, 0.717) is 19.0 Å². The van der Waals surface area contributed by atoms with Crippen molar-refractivity contribution in [1.29, 1.82) is 0 Å². The Labute approximate surface area is 186 Å². The number of amides is 1. The van der Waals surface area contributed by atoms with Crippen LogP contribution >= 0.6 is 11.3 Å². The summed E-state index contributed by atoms with van der Waals surface area (Å²) in [5, 5.41) is 14.0. The molecule has 0 saturated carbocycles. The van der Waals surface area contributed by atoms with Gasteiger partial charge in [0.1, 0.15) is 17.0 Å². The normalized spacial score (nSPS) is 19.4. The Morgan fingerprint density at radius 3 is 2.84 bits per heavy atom. The van der Waals surface area contributed by atoms with Gasteiger partial charge in [-0.3, -0.25) is 4.79 Å². The third-order valence-corrected chi connectivity index (χ3v) is 7.95. The summed E-state index contributed by atoms with van der Waals surface area (Å²) < 4.78 is 0. The average molecular weight is 437 g/mol. The topological polar surface area (TPSA) is 78.4 Å². The number of anilines is 1. The number of nitrogens with zero attached hydrogens (tertiary/aromatic N) is 3. The molecule has 1 aliphatic heterocycles. The van der Waals surface area contributed by atoms with Gasteiger partial charge in [0.2, 0.25) is 0 Å². The number of aliphatic hydroxyl groups is 1. The predicted molar refractivity (Wildman–Crippen MR) is 124 cm³/mol. The van der Waals surface area contributed by atoms with E-state index in [-0.39, 0.29) is 18.6 Å². The highest BCUT2D eigenvalue weighted by Crippen LogP contribution is 2.38. The van der Waals surface area contributed by atoms with E-state index in [4.69, 9.17) is 0 Å². The molecule has 1 amide bonds. The molecule has 1 aromatic carbocycles. The fraction of sp³-hybridized carbons (Fsp3) is 0.458. The van der Waals surface area contributed by atoms with Crippen LogP contribution in [0, 0.1) is 12.8 Å². The van der Waals surface area contributed by atoms with Crippen molar-refractivity contribution < 1.29 is 9.90 Å². The van der Waals surface area contributed by atoms with Gasteiger partial charge in [-0.2, -0.15) is 0 Å². The Hall–Kier alpha value is -2.51. The summed E-state index contributed by atoms with van der Waals surface area (Å²) in [4.78, 5) is 25.8. The minimum absolute atomic E-state index is 0.0749. The van der Waals surface area contributed by atoms with Crippen molar-refractivity contribution in [2.24, 2.45) is 5.92 Å². The summed E-state index contributed by atoms with van der Waals surface area (Å²) in [6, 6.07) is 8.84. The highest BCUT2D eigenvalue weighted by molar-refractivity contribution is 7.20. The Morgan fingerprint density at radius 1 is 1.23 bits per heavy atom. The number of rotatable bonds is 4. The molecule has 3 heterocycles. The second-order valence-corrected chi connectivity index (χ2v) is 9.66. The molecule has 1 saturated heterocycles. The number of fused-ring (bicyclic) bond motifs is 2. The summed E-state index contributed by atoms with van der Waals surface area (Å²) in [6.07, 6.45) is 6.66. The van der Waals surface area contributed by atoms with Gasteiger partial charge >= 0.3 is 0 Å². The smallest absolute Gasteiger partial charge is 0.264 e. The molecule has 0 radical (unpaired) electrons. The lowest BCUT2D eigenvalue weighted by Gasteiger charge is -2.31. The molecule has 7 heteroatoms. The van der Waals surface area contributed by atoms with Gasteiger partial charge in [-0.1, -0.05) is 24.3 Å². The van der Waals surface area contributed by atoms with Crippen molar-refractivity contribution in [2.75, 3.05) is 25.0 Å². The minimum Gasteiger partial charge on any atom is -0.396 e. The van der Waals surface area contributed by atoms with E-state index in [1.165, 1.54) is 22.5 Å². The molecule has 0 spiro atoms. The summed E-state index contributed by atoms with van der Waals surface area (Å²) in [7, 11) is 0. The van der Waals surface area contributed by atoms with E-state index in [1.54, 1.807) is 6.33 Å². The average Bonchev–Trinajstić information content (AvgIpc) is 3.16. The lowest BCUT2D eigenvalue weighted by atomic mass is 9.87. The van der Waals surface area contributed by atoms with Crippen LogP contribution in [0.5, 0.6) is 0 Å². The maximum Gasteiger partial charge on any atom is 0.264 e. The molecule has 1 atom stereocenters. The van der Waals surface area contributed by atoms with E-state index < -0.39 is 0 Å². The van der Waals surface area contributed by atoms with Crippen molar-refractivity contribution in [2.45, 2.75) is 45.1 Å². The number of carbonyl (C=O) groups is 1. The van der Waals surface area contributed by atoms with Crippen molar-refractivity contribution in [1.82, 2.24) is 14.9 Å². The molecule has 31 heavy (non-hydrogen) atoms. The second kappa shape index (κ2) is 8.55. The molecule has 2 N–H and O–H groups in total. The molecule has 0 bridgehead atoms. The number of nitrogens with one attached hydrogen (secondary N) is 1. The minimum atomic E-state index is 0.0749. The number of carbonyl (C=O) groups excluding carboxylic acids is 1. The van der Waals surface area contributed by atoms with Crippen LogP contribution in [0.15, 0.2) is 30.6 Å². The van der Waals surface area contributed by atoms with E-state index >= 15 is 0 Å². The van der Waals surface area contributed by atoms with Crippen LogP contribution in [0.25, 0.3) is 10.2 Å². The van der Waals surface area contributed by atoms with Crippen LogP contribution in [0.2, 0.25) is 0 Å². The fourth-order valence-corrected chi connectivity index (χ4v) is 6.03. The van der Waals surface area contributed by atoms with Gasteiger partial charge in [-0.15, -0.1) is 11.3 Å². The zero-order chi connectivity index (χ0) is 21.4. The van der Waals surface area contributed by atoms with E-state index in [2.05, 4.69) is 39.6 Å². The van der Waals surface area contributed by atoms with Crippen molar-refractivity contribution in [3.63, 3.8) is 0 Å². The molecule has 3 aromatic rings. The molecular formula is C24H28N4O2S. The first-order valence-corrected chi connectivity index (χ1v) is 12.0. The molecule has 1 fully saturated rings. The van der Waals surface area contributed by atoms with Crippen LogP contribution in [0.4, 0.5) is 5.82 Å². The third kappa shape index (κ3) is 3.81. The predicted octanol–water partition coefficient (Wildman–Crippen LogP) is 4.33. The zero-order valence-electron chi connectivity index (χ0n) is 17.8. The Kier molecular flexibility index (Phi) is 5.63. The lowest BCUT2D eigenvalue weighted by Crippen LogP contribution is -2.39. The first kappa shape index (κ1) is 20.4. The maximum absolute atomic E-state index is 13.3. The Bertz CT molecular complexity index is 1100. The van der Waals surface area contributed by atoms with Crippen molar-refractivity contribution in [3.05, 3.63) is 52.2 Å². The summed E-state index contributed by atoms with van der Waals surface area (Å²) in [5.41, 5.74) is 3.71. The largest absolute Gasteiger partial charge is 0.396 e. The number of aromatic nitrogens is 2. The van der Waals surface area contributed by atoms with Crippen LogP contribution in [0.1, 0.15) is 58.1 Å². The highest BCUT2D eigenvalue weighted by atomic mass is 32.1. The maximum atomic E-state index is 13.3. The van der Waals surface area contributed by atoms with Crippen LogP contribution in [0.3, 0.4) is 0 Å². The fourth-order valence-electron chi connectivity index (χ4n) is 4.92. The van der Waals surface area contributed by atoms with Gasteiger partial charge in [-0.05, 0) is 61.6 Å². The highest BCUT2D eigenvalue weighted by Gasteiger charge is 2.28. The quantitative estimate of drug-likeness (QED) is 0.636. The first-order valence-electron chi connectivity index (χ1n) is 11.1. The number of piperidine rings is 1. The number of hydrogen-bond donors (Lipinski definition) is 2. The van der Waals surface area contributed by atoms with E-state index in [9.17, 15) is 9.90 Å². The SMILES string of the molecule is Cc1c(C(=O)N2CCC(CO)CC2)sc2ncnc(NC3CCCc4ccccc43)c12. The van der Waals surface area contributed by atoms with Gasteiger partial charge in [0.05, 0.1) is 16.3 Å². The standard InChI is InChI=1S/C24H28N4O2S/c1-15-20-22(27-19-8-4-6-17-5-2-3-7-18(17)19)25-14-26-23(20)31-21(15)24(30)28-11-9-16(13-29)10-12-28/h2-3,5,7,14,16,19,29H,4,6,8-13H2,1H3,(H,25,26,27). The Morgan fingerprint density at radius 2 is 2.03 bits per heavy atom. The number of likely N-dealkylation sites (tertiary alicyclic amines) is 1. The first-order chi connectivity index (χ1) is 15.2. The molecule has 1 unspecified atom stereocenters. The van der Waals surface area contributed by atoms with Gasteiger partial charge in [-0.25, -0.2) is 9.97 Å². The number of aryl methyl sites for hydroxylation is 2. The zero-order valence-corrected chi connectivity index (χ0v) is 18.6. The number of hydrogen-bond acceptors (Lipinski definition) is 6. The summed E-state index contributed by atoms with van der Waals surface area (Å²) in [6.45, 7) is 3.62. The molecule has 5 rings (SSSR count). The molecule has 6 nitrogen and oxygen atoms in total. The monoisotopic (exact) mass is 436 g/mol. The molecule has 2 aromatic heterocycles. The van der Waals surface area contributed by atoms with Gasteiger partial charge in [0.25, 0.3) is 5.91 Å².